The van der Waals surface area contributed by atoms with Crippen LogP contribution in [0.2, 0.25) is 5.02 Å². The smallest absolute Gasteiger partial charge is 0.270 e. The van der Waals surface area contributed by atoms with Gasteiger partial charge in [-0.1, -0.05) is 41.1 Å². The number of aromatic nitrogens is 2. The van der Waals surface area contributed by atoms with Gasteiger partial charge in [0.25, 0.3) is 15.9 Å². The van der Waals surface area contributed by atoms with Gasteiger partial charge in [0.1, 0.15) is 12.4 Å². The van der Waals surface area contributed by atoms with E-state index in [1.165, 1.54) is 0 Å². The van der Waals surface area contributed by atoms with Crippen molar-refractivity contribution in [2.45, 2.75) is 31.2 Å². The van der Waals surface area contributed by atoms with Crippen LogP contribution in [0, 0.1) is 13.8 Å². The van der Waals surface area contributed by atoms with E-state index >= 15 is 0 Å². The predicted molar refractivity (Wildman–Crippen MR) is 121 cm³/mol. The number of amides is 1. The molecule has 0 spiro atoms. The van der Waals surface area contributed by atoms with E-state index in [0.717, 1.165) is 22.5 Å². The van der Waals surface area contributed by atoms with Crippen molar-refractivity contribution in [3.8, 4) is 5.75 Å². The molecule has 0 aliphatic rings. The fourth-order valence-corrected chi connectivity index (χ4v) is 4.91. The molecule has 1 atom stereocenters. The molecule has 1 heterocycles. The molecular weight excluding hydrogens is 460 g/mol. The second-order valence-corrected chi connectivity index (χ2v) is 10.2. The Morgan fingerprint density at radius 3 is 2.61 bits per heavy atom. The van der Waals surface area contributed by atoms with E-state index in [1.54, 1.807) is 31.2 Å². The zero-order chi connectivity index (χ0) is 22.6. The lowest BCUT2D eigenvalue weighted by Gasteiger charge is -2.14. The van der Waals surface area contributed by atoms with E-state index in [4.69, 9.17) is 16.3 Å². The van der Waals surface area contributed by atoms with Gasteiger partial charge in [0.05, 0.1) is 16.6 Å². The molecule has 0 radical (unpaired) electrons. The Bertz CT molecular complexity index is 1200. The van der Waals surface area contributed by atoms with Crippen molar-refractivity contribution < 1.29 is 17.9 Å². The fraction of sp³-hybridized carbons (Fsp3) is 0.250. The molecule has 0 saturated heterocycles. The van der Waals surface area contributed by atoms with Crippen molar-refractivity contribution in [3.05, 3.63) is 64.2 Å². The second-order valence-electron chi connectivity index (χ2n) is 6.89. The summed E-state index contributed by atoms with van der Waals surface area (Å²) in [4.78, 5) is 12.3. The van der Waals surface area contributed by atoms with Gasteiger partial charge in [-0.3, -0.25) is 10.1 Å². The van der Waals surface area contributed by atoms with Gasteiger partial charge in [-0.25, -0.2) is 13.1 Å². The number of halogens is 1. The average Bonchev–Trinajstić information content (AvgIpc) is 3.18. The van der Waals surface area contributed by atoms with Crippen molar-refractivity contribution in [2.24, 2.45) is 0 Å². The lowest BCUT2D eigenvalue weighted by Crippen LogP contribution is -2.36. The number of sulfonamides is 1. The van der Waals surface area contributed by atoms with Crippen LogP contribution in [0.1, 0.15) is 28.4 Å². The highest BCUT2D eigenvalue weighted by Gasteiger charge is 2.24. The Labute approximate surface area is 189 Å². The van der Waals surface area contributed by atoms with Crippen LogP contribution < -0.4 is 14.8 Å². The number of ether oxygens (including phenoxy) is 1. The normalized spacial score (nSPS) is 12.4. The SMILES string of the molecule is Cc1ccc(OC[C@H](C)NS(=O)(=O)c2nnc(NC(=O)c3ccccc3Cl)s2)cc1C. The standard InChI is InChI=1S/C20H21ClN4O4S2/c1-12-8-9-15(10-13(12)2)29-11-14(3)25-31(27,28)20-24-23-19(30-20)22-18(26)16-6-4-5-7-17(16)21/h4-10,14,25H,11H2,1-3H3,(H,22,23,26)/t14-/m0/s1. The highest BCUT2D eigenvalue weighted by molar-refractivity contribution is 7.91. The van der Waals surface area contributed by atoms with E-state index in [1.807, 2.05) is 32.0 Å². The van der Waals surface area contributed by atoms with Crippen LogP contribution in [0.15, 0.2) is 46.8 Å². The van der Waals surface area contributed by atoms with E-state index in [9.17, 15) is 13.2 Å². The number of hydrogen-bond donors (Lipinski definition) is 2. The zero-order valence-corrected chi connectivity index (χ0v) is 19.4. The summed E-state index contributed by atoms with van der Waals surface area (Å²) in [5, 5.41) is 10.2. The molecule has 0 fully saturated rings. The summed E-state index contributed by atoms with van der Waals surface area (Å²) in [7, 11) is -3.93. The molecule has 11 heteroatoms. The third kappa shape index (κ3) is 6.01. The van der Waals surface area contributed by atoms with Gasteiger partial charge in [-0.15, -0.1) is 10.2 Å². The van der Waals surface area contributed by atoms with Crippen LogP contribution in [-0.2, 0) is 10.0 Å². The number of carbonyl (C=O) groups is 1. The number of aryl methyl sites for hydroxylation is 2. The van der Waals surface area contributed by atoms with Gasteiger partial charge in [0.2, 0.25) is 9.47 Å². The van der Waals surface area contributed by atoms with Gasteiger partial charge >= 0.3 is 0 Å². The van der Waals surface area contributed by atoms with Crippen LogP contribution in [0.5, 0.6) is 5.75 Å². The van der Waals surface area contributed by atoms with E-state index in [-0.39, 0.29) is 26.7 Å². The molecular formula is C20H21ClN4O4S2. The monoisotopic (exact) mass is 480 g/mol. The third-order valence-electron chi connectivity index (χ3n) is 4.31. The molecule has 0 aliphatic heterocycles. The summed E-state index contributed by atoms with van der Waals surface area (Å²) < 4.78 is 33.1. The molecule has 0 aliphatic carbocycles. The first-order chi connectivity index (χ1) is 14.7. The number of nitrogens with one attached hydrogen (secondary N) is 2. The number of nitrogens with zero attached hydrogens (tertiary/aromatic N) is 2. The van der Waals surface area contributed by atoms with Crippen LogP contribution in [0.25, 0.3) is 0 Å². The fourth-order valence-electron chi connectivity index (χ4n) is 2.55. The Morgan fingerprint density at radius 2 is 1.90 bits per heavy atom. The van der Waals surface area contributed by atoms with Crippen LogP contribution in [-0.4, -0.2) is 37.2 Å². The number of carbonyl (C=O) groups excluding carboxylic acids is 1. The molecule has 3 rings (SSSR count). The first-order valence-electron chi connectivity index (χ1n) is 9.27. The van der Waals surface area contributed by atoms with E-state index in [0.29, 0.717) is 5.75 Å². The summed E-state index contributed by atoms with van der Waals surface area (Å²) in [6, 6.07) is 11.7. The van der Waals surface area contributed by atoms with Gasteiger partial charge < -0.3 is 4.74 Å². The zero-order valence-electron chi connectivity index (χ0n) is 17.0. The molecule has 1 aromatic heterocycles. The maximum Gasteiger partial charge on any atom is 0.270 e. The second kappa shape index (κ2) is 9.73. The number of hydrogen-bond acceptors (Lipinski definition) is 7. The van der Waals surface area contributed by atoms with Crippen molar-refractivity contribution in [1.29, 1.82) is 0 Å². The first kappa shape index (κ1) is 23.1. The lowest BCUT2D eigenvalue weighted by molar-refractivity contribution is 0.102. The molecule has 0 bridgehead atoms. The molecule has 2 N–H and O–H groups in total. The number of anilines is 1. The molecule has 2 aromatic carbocycles. The molecule has 0 saturated carbocycles. The van der Waals surface area contributed by atoms with Crippen LogP contribution in [0.4, 0.5) is 5.13 Å². The minimum Gasteiger partial charge on any atom is -0.492 e. The summed E-state index contributed by atoms with van der Waals surface area (Å²) in [6.07, 6.45) is 0. The van der Waals surface area contributed by atoms with Crippen molar-refractivity contribution in [3.63, 3.8) is 0 Å². The van der Waals surface area contributed by atoms with E-state index in [2.05, 4.69) is 20.2 Å². The van der Waals surface area contributed by atoms with Crippen molar-refractivity contribution >= 4 is 44.0 Å². The summed E-state index contributed by atoms with van der Waals surface area (Å²) in [6.45, 7) is 5.80. The molecule has 1 amide bonds. The maximum atomic E-state index is 12.6. The largest absolute Gasteiger partial charge is 0.492 e. The Hall–Kier alpha value is -2.53. The summed E-state index contributed by atoms with van der Waals surface area (Å²) >= 11 is 6.74. The Kier molecular flexibility index (Phi) is 7.26. The van der Waals surface area contributed by atoms with Gasteiger partial charge in [-0.05, 0) is 56.2 Å². The molecule has 8 nitrogen and oxygen atoms in total. The molecule has 31 heavy (non-hydrogen) atoms. The Morgan fingerprint density at radius 1 is 1.16 bits per heavy atom. The first-order valence-corrected chi connectivity index (χ1v) is 12.0. The molecule has 0 unspecified atom stereocenters. The highest BCUT2D eigenvalue weighted by Crippen LogP contribution is 2.22. The quantitative estimate of drug-likeness (QED) is 0.474. The summed E-state index contributed by atoms with van der Waals surface area (Å²) in [5.74, 6) is 0.156. The number of benzene rings is 2. The topological polar surface area (TPSA) is 110 Å². The summed E-state index contributed by atoms with van der Waals surface area (Å²) in [5.41, 5.74) is 2.49. The Balaban J connectivity index is 1.60. The van der Waals surface area contributed by atoms with Crippen LogP contribution >= 0.6 is 22.9 Å². The van der Waals surface area contributed by atoms with Crippen LogP contribution in [0.3, 0.4) is 0 Å². The average molecular weight is 481 g/mol. The number of rotatable bonds is 8. The minimum absolute atomic E-state index is 0.0457. The third-order valence-corrected chi connectivity index (χ3v) is 7.44. The van der Waals surface area contributed by atoms with E-state index < -0.39 is 22.0 Å². The van der Waals surface area contributed by atoms with Gasteiger partial charge in [0.15, 0.2) is 0 Å². The van der Waals surface area contributed by atoms with Gasteiger partial charge in [0, 0.05) is 0 Å². The highest BCUT2D eigenvalue weighted by atomic mass is 35.5. The molecule has 164 valence electrons. The molecule has 3 aromatic rings. The maximum absolute atomic E-state index is 12.6. The predicted octanol–water partition coefficient (Wildman–Crippen LogP) is 3.81. The lowest BCUT2D eigenvalue weighted by atomic mass is 10.1. The van der Waals surface area contributed by atoms with Crippen molar-refractivity contribution in [1.82, 2.24) is 14.9 Å². The van der Waals surface area contributed by atoms with Crippen molar-refractivity contribution in [2.75, 3.05) is 11.9 Å². The van der Waals surface area contributed by atoms with Gasteiger partial charge in [-0.2, -0.15) is 0 Å². The minimum atomic E-state index is -3.93.